The van der Waals surface area contributed by atoms with Crippen LogP contribution < -0.4 is 5.32 Å². The maximum absolute atomic E-state index is 13.1. The molecule has 0 aliphatic carbocycles. The number of thioether (sulfide) groups is 1. The van der Waals surface area contributed by atoms with Crippen molar-refractivity contribution in [2.24, 2.45) is 0 Å². The second kappa shape index (κ2) is 8.20. The minimum Gasteiger partial charge on any atom is -0.306 e. The van der Waals surface area contributed by atoms with E-state index in [2.05, 4.69) is 43.4 Å². The molecule has 3 heteroatoms. The van der Waals surface area contributed by atoms with Gasteiger partial charge in [0.2, 0.25) is 0 Å². The second-order valence-electron chi connectivity index (χ2n) is 4.94. The number of benzene rings is 2. The minimum atomic E-state index is -0.192. The molecule has 2 aromatic rings. The van der Waals surface area contributed by atoms with Crippen LogP contribution in [-0.4, -0.2) is 12.3 Å². The highest BCUT2D eigenvalue weighted by molar-refractivity contribution is 7.99. The van der Waals surface area contributed by atoms with Gasteiger partial charge in [-0.05, 0) is 54.1 Å². The third kappa shape index (κ3) is 4.58. The quantitative estimate of drug-likeness (QED) is 0.720. The molecule has 21 heavy (non-hydrogen) atoms. The first kappa shape index (κ1) is 16.1. The smallest absolute Gasteiger partial charge is 0.123 e. The van der Waals surface area contributed by atoms with E-state index in [9.17, 15) is 4.39 Å². The van der Waals surface area contributed by atoms with Crippen LogP contribution in [0.15, 0.2) is 53.4 Å². The third-order valence-electron chi connectivity index (χ3n) is 3.33. The van der Waals surface area contributed by atoms with E-state index in [-0.39, 0.29) is 11.9 Å². The molecule has 112 valence electrons. The van der Waals surface area contributed by atoms with Crippen LogP contribution in [0.3, 0.4) is 0 Å². The molecule has 0 spiro atoms. The average Bonchev–Trinajstić information content (AvgIpc) is 2.51. The molecule has 2 aromatic carbocycles. The van der Waals surface area contributed by atoms with E-state index >= 15 is 0 Å². The summed E-state index contributed by atoms with van der Waals surface area (Å²) in [5.74, 6) is 0.886. The van der Waals surface area contributed by atoms with Gasteiger partial charge in [0.1, 0.15) is 5.82 Å². The monoisotopic (exact) mass is 303 g/mol. The summed E-state index contributed by atoms with van der Waals surface area (Å²) in [6, 6.07) is 15.5. The molecule has 2 rings (SSSR count). The topological polar surface area (TPSA) is 12.0 Å². The average molecular weight is 303 g/mol. The van der Waals surface area contributed by atoms with Crippen LogP contribution in [0.25, 0.3) is 0 Å². The van der Waals surface area contributed by atoms with Gasteiger partial charge in [-0.25, -0.2) is 4.39 Å². The number of nitrogens with one attached hydrogen (secondary N) is 1. The second-order valence-corrected chi connectivity index (χ2v) is 6.28. The van der Waals surface area contributed by atoms with E-state index in [1.165, 1.54) is 22.6 Å². The normalized spacial score (nSPS) is 12.3. The van der Waals surface area contributed by atoms with Crippen molar-refractivity contribution in [2.45, 2.75) is 31.2 Å². The first-order valence-corrected chi connectivity index (χ1v) is 8.44. The molecule has 0 saturated heterocycles. The zero-order valence-electron chi connectivity index (χ0n) is 12.6. The molecule has 0 aliphatic heterocycles. The highest BCUT2D eigenvalue weighted by Crippen LogP contribution is 2.25. The molecule has 0 heterocycles. The van der Waals surface area contributed by atoms with Gasteiger partial charge in [-0.2, -0.15) is 0 Å². The van der Waals surface area contributed by atoms with Crippen molar-refractivity contribution in [3.8, 4) is 0 Å². The van der Waals surface area contributed by atoms with E-state index in [1.807, 2.05) is 23.9 Å². The lowest BCUT2D eigenvalue weighted by Crippen LogP contribution is -2.23. The first-order valence-electron chi connectivity index (χ1n) is 7.46. The lowest BCUT2D eigenvalue weighted by atomic mass is 9.98. The third-order valence-corrected chi connectivity index (χ3v) is 4.22. The summed E-state index contributed by atoms with van der Waals surface area (Å²) >= 11 is 1.84. The molecule has 1 nitrogen and oxygen atoms in total. The Morgan fingerprint density at radius 1 is 0.952 bits per heavy atom. The number of hydrogen-bond acceptors (Lipinski definition) is 2. The van der Waals surface area contributed by atoms with Crippen molar-refractivity contribution in [3.63, 3.8) is 0 Å². The lowest BCUT2D eigenvalue weighted by molar-refractivity contribution is 0.593. The largest absolute Gasteiger partial charge is 0.306 e. The van der Waals surface area contributed by atoms with Gasteiger partial charge in [-0.1, -0.05) is 38.1 Å². The first-order chi connectivity index (χ1) is 10.2. The summed E-state index contributed by atoms with van der Waals surface area (Å²) in [6.45, 7) is 5.24. The summed E-state index contributed by atoms with van der Waals surface area (Å²) in [7, 11) is 0. The summed E-state index contributed by atoms with van der Waals surface area (Å²) in [4.78, 5) is 1.29. The zero-order valence-corrected chi connectivity index (χ0v) is 13.4. The van der Waals surface area contributed by atoms with Crippen LogP contribution in [0.4, 0.5) is 4.39 Å². The molecule has 0 aliphatic rings. The molecule has 0 saturated carbocycles. The predicted octanol–water partition coefficient (Wildman–Crippen LogP) is 5.03. The molecule has 0 fully saturated rings. The van der Waals surface area contributed by atoms with Crippen molar-refractivity contribution < 1.29 is 4.39 Å². The molecule has 0 radical (unpaired) electrons. The van der Waals surface area contributed by atoms with Crippen molar-refractivity contribution in [2.75, 3.05) is 12.3 Å². The maximum Gasteiger partial charge on any atom is 0.123 e. The highest BCUT2D eigenvalue weighted by atomic mass is 32.2. The van der Waals surface area contributed by atoms with Gasteiger partial charge in [0.25, 0.3) is 0 Å². The van der Waals surface area contributed by atoms with Gasteiger partial charge < -0.3 is 5.32 Å². The van der Waals surface area contributed by atoms with Gasteiger partial charge in [-0.3, -0.25) is 0 Å². The van der Waals surface area contributed by atoms with Gasteiger partial charge in [-0.15, -0.1) is 11.8 Å². The maximum atomic E-state index is 13.1. The summed E-state index contributed by atoms with van der Waals surface area (Å²) in [6.07, 6.45) is 1.07. The Kier molecular flexibility index (Phi) is 6.27. The molecule has 1 atom stereocenters. The van der Waals surface area contributed by atoms with Gasteiger partial charge in [0.05, 0.1) is 6.04 Å². The molecular formula is C18H22FNS. The van der Waals surface area contributed by atoms with Crippen molar-refractivity contribution in [1.29, 1.82) is 0 Å². The van der Waals surface area contributed by atoms with E-state index in [0.29, 0.717) is 0 Å². The summed E-state index contributed by atoms with van der Waals surface area (Å²) < 4.78 is 13.1. The Labute approximate surface area is 131 Å². The van der Waals surface area contributed by atoms with Crippen molar-refractivity contribution >= 4 is 11.8 Å². The van der Waals surface area contributed by atoms with E-state index < -0.39 is 0 Å². The van der Waals surface area contributed by atoms with E-state index in [0.717, 1.165) is 24.3 Å². The standard InChI is InChI=1S/C18H22FNS/c1-3-13-20-18(14-5-9-16(19)10-6-14)15-7-11-17(12-8-15)21-4-2/h5-12,18,20H,3-4,13H2,1-2H3. The predicted molar refractivity (Wildman–Crippen MR) is 89.4 cm³/mol. The summed E-state index contributed by atoms with van der Waals surface area (Å²) in [5, 5.41) is 3.54. The van der Waals surface area contributed by atoms with Crippen molar-refractivity contribution in [3.05, 3.63) is 65.5 Å². The lowest BCUT2D eigenvalue weighted by Gasteiger charge is -2.20. The minimum absolute atomic E-state index is 0.117. The Balaban J connectivity index is 2.24. The molecular weight excluding hydrogens is 281 g/mol. The van der Waals surface area contributed by atoms with Crippen LogP contribution in [0, 0.1) is 5.82 Å². The van der Waals surface area contributed by atoms with Crippen molar-refractivity contribution in [1.82, 2.24) is 5.32 Å². The molecule has 0 amide bonds. The molecule has 0 bridgehead atoms. The number of rotatable bonds is 7. The van der Waals surface area contributed by atoms with Crippen LogP contribution in [0.5, 0.6) is 0 Å². The fraction of sp³-hybridized carbons (Fsp3) is 0.333. The number of halogens is 1. The van der Waals surface area contributed by atoms with E-state index in [4.69, 9.17) is 0 Å². The van der Waals surface area contributed by atoms with Crippen LogP contribution in [-0.2, 0) is 0 Å². The fourth-order valence-corrected chi connectivity index (χ4v) is 2.96. The SMILES string of the molecule is CCCNC(c1ccc(F)cc1)c1ccc(SCC)cc1. The van der Waals surface area contributed by atoms with E-state index in [1.54, 1.807) is 0 Å². The van der Waals surface area contributed by atoms with Gasteiger partial charge in [0, 0.05) is 4.90 Å². The Morgan fingerprint density at radius 2 is 1.52 bits per heavy atom. The van der Waals surface area contributed by atoms with Gasteiger partial charge >= 0.3 is 0 Å². The number of hydrogen-bond donors (Lipinski definition) is 1. The molecule has 1 unspecified atom stereocenters. The van der Waals surface area contributed by atoms with Crippen LogP contribution in [0.1, 0.15) is 37.4 Å². The zero-order chi connectivity index (χ0) is 15.1. The molecule has 0 aromatic heterocycles. The Bertz CT molecular complexity index is 536. The van der Waals surface area contributed by atoms with Gasteiger partial charge in [0.15, 0.2) is 0 Å². The Hall–Kier alpha value is -1.32. The van der Waals surface area contributed by atoms with Crippen LogP contribution >= 0.6 is 11.8 Å². The van der Waals surface area contributed by atoms with Crippen LogP contribution in [0.2, 0.25) is 0 Å². The highest BCUT2D eigenvalue weighted by Gasteiger charge is 2.13. The summed E-state index contributed by atoms with van der Waals surface area (Å²) in [5.41, 5.74) is 2.32. The fourth-order valence-electron chi connectivity index (χ4n) is 2.30. The molecule has 1 N–H and O–H groups in total. The Morgan fingerprint density at radius 3 is 2.05 bits per heavy atom.